The van der Waals surface area contributed by atoms with Crippen LogP contribution in [0.3, 0.4) is 0 Å². The molecule has 0 saturated carbocycles. The molecular formula is C22H21N5O3. The Balaban J connectivity index is 1.72. The Morgan fingerprint density at radius 1 is 1.17 bits per heavy atom. The number of esters is 1. The van der Waals surface area contributed by atoms with E-state index in [9.17, 15) is 9.59 Å². The summed E-state index contributed by atoms with van der Waals surface area (Å²) in [6.45, 7) is 6.00. The Kier molecular flexibility index (Phi) is 5.05. The van der Waals surface area contributed by atoms with Gasteiger partial charge >= 0.3 is 5.97 Å². The monoisotopic (exact) mass is 403 g/mol. The average molecular weight is 403 g/mol. The first-order valence-corrected chi connectivity index (χ1v) is 9.39. The summed E-state index contributed by atoms with van der Waals surface area (Å²) in [5, 5.41) is 10.4. The Morgan fingerprint density at radius 3 is 2.60 bits per heavy atom. The van der Waals surface area contributed by atoms with Crippen molar-refractivity contribution in [3.05, 3.63) is 83.8 Å². The van der Waals surface area contributed by atoms with Gasteiger partial charge in [-0.1, -0.05) is 36.9 Å². The first kappa shape index (κ1) is 19.4. The molecule has 3 aromatic rings. The number of aryl methyl sites for hydroxylation is 1. The lowest BCUT2D eigenvalue weighted by molar-refractivity contribution is -0.119. The minimum absolute atomic E-state index is 0.218. The number of para-hydroxylation sites is 1. The van der Waals surface area contributed by atoms with E-state index >= 15 is 0 Å². The van der Waals surface area contributed by atoms with Crippen LogP contribution < -0.4 is 10.6 Å². The molecule has 2 aromatic carbocycles. The molecule has 0 aliphatic carbocycles. The fraction of sp³-hybridized carbons (Fsp3) is 0.182. The van der Waals surface area contributed by atoms with Crippen LogP contribution in [0.25, 0.3) is 0 Å². The van der Waals surface area contributed by atoms with Crippen molar-refractivity contribution >= 4 is 23.5 Å². The summed E-state index contributed by atoms with van der Waals surface area (Å²) in [5.41, 5.74) is 3.43. The largest absolute Gasteiger partial charge is 0.465 e. The SMILES string of the molecule is C=C1Nc2ncnn2[C@H](c2ccc(C(=O)OC)cc2)[C@@H]1C(=O)Nc1ccccc1C. The number of aromatic nitrogens is 3. The number of fused-ring (bicyclic) bond motifs is 1. The van der Waals surface area contributed by atoms with Gasteiger partial charge in [-0.2, -0.15) is 10.1 Å². The van der Waals surface area contributed by atoms with Crippen LogP contribution in [0.1, 0.15) is 27.5 Å². The van der Waals surface area contributed by atoms with Crippen molar-refractivity contribution in [1.29, 1.82) is 0 Å². The molecule has 1 aromatic heterocycles. The Hall–Kier alpha value is -3.94. The molecule has 2 heterocycles. The minimum Gasteiger partial charge on any atom is -0.465 e. The molecule has 2 N–H and O–H groups in total. The molecule has 152 valence electrons. The van der Waals surface area contributed by atoms with Gasteiger partial charge in [0.1, 0.15) is 12.2 Å². The number of amides is 1. The van der Waals surface area contributed by atoms with Crippen LogP contribution in [0.4, 0.5) is 11.6 Å². The molecule has 0 spiro atoms. The first-order chi connectivity index (χ1) is 14.5. The number of carbonyl (C=O) groups is 2. The van der Waals surface area contributed by atoms with Crippen molar-refractivity contribution in [2.24, 2.45) is 5.92 Å². The van der Waals surface area contributed by atoms with Gasteiger partial charge in [0.15, 0.2) is 0 Å². The van der Waals surface area contributed by atoms with E-state index in [4.69, 9.17) is 4.74 Å². The third kappa shape index (κ3) is 3.43. The fourth-order valence-electron chi connectivity index (χ4n) is 3.59. The summed E-state index contributed by atoms with van der Waals surface area (Å²) in [4.78, 5) is 29.3. The van der Waals surface area contributed by atoms with Crippen molar-refractivity contribution in [3.8, 4) is 0 Å². The molecule has 1 aliphatic rings. The van der Waals surface area contributed by atoms with E-state index in [-0.39, 0.29) is 5.91 Å². The average Bonchev–Trinajstić information content (AvgIpc) is 3.22. The first-order valence-electron chi connectivity index (χ1n) is 9.39. The van der Waals surface area contributed by atoms with Crippen LogP contribution in [0.2, 0.25) is 0 Å². The normalized spacial score (nSPS) is 17.6. The zero-order valence-electron chi connectivity index (χ0n) is 16.6. The van der Waals surface area contributed by atoms with Crippen molar-refractivity contribution in [2.45, 2.75) is 13.0 Å². The zero-order valence-corrected chi connectivity index (χ0v) is 16.6. The van der Waals surface area contributed by atoms with Gasteiger partial charge in [-0.05, 0) is 36.2 Å². The maximum Gasteiger partial charge on any atom is 0.337 e. The Bertz CT molecular complexity index is 1120. The molecule has 0 radical (unpaired) electrons. The van der Waals surface area contributed by atoms with E-state index in [1.807, 2.05) is 31.2 Å². The molecule has 2 atom stereocenters. The van der Waals surface area contributed by atoms with E-state index in [2.05, 4.69) is 27.3 Å². The number of carbonyl (C=O) groups excluding carboxylic acids is 2. The lowest BCUT2D eigenvalue weighted by Crippen LogP contribution is -2.39. The lowest BCUT2D eigenvalue weighted by atomic mass is 9.88. The summed E-state index contributed by atoms with van der Waals surface area (Å²) >= 11 is 0. The van der Waals surface area contributed by atoms with Crippen LogP contribution >= 0.6 is 0 Å². The predicted octanol–water partition coefficient (Wildman–Crippen LogP) is 3.16. The Morgan fingerprint density at radius 2 is 1.90 bits per heavy atom. The van der Waals surface area contributed by atoms with Crippen molar-refractivity contribution in [3.63, 3.8) is 0 Å². The van der Waals surface area contributed by atoms with E-state index in [1.165, 1.54) is 13.4 Å². The number of rotatable bonds is 4. The molecule has 30 heavy (non-hydrogen) atoms. The number of ether oxygens (including phenoxy) is 1. The second-order valence-electron chi connectivity index (χ2n) is 7.02. The fourth-order valence-corrected chi connectivity index (χ4v) is 3.59. The lowest BCUT2D eigenvalue weighted by Gasteiger charge is -2.34. The molecule has 8 nitrogen and oxygen atoms in total. The quantitative estimate of drug-likeness (QED) is 0.650. The number of anilines is 2. The van der Waals surface area contributed by atoms with Crippen LogP contribution in [0, 0.1) is 12.8 Å². The van der Waals surface area contributed by atoms with Gasteiger partial charge in [-0.15, -0.1) is 0 Å². The number of hydrogen-bond donors (Lipinski definition) is 2. The van der Waals surface area contributed by atoms with Crippen molar-refractivity contribution in [2.75, 3.05) is 17.7 Å². The van der Waals surface area contributed by atoms with E-state index in [1.54, 1.807) is 28.9 Å². The van der Waals surface area contributed by atoms with Crippen molar-refractivity contribution in [1.82, 2.24) is 14.8 Å². The van der Waals surface area contributed by atoms with Gasteiger partial charge in [0, 0.05) is 11.4 Å². The number of nitrogens with one attached hydrogen (secondary N) is 2. The van der Waals surface area contributed by atoms with Gasteiger partial charge in [0.25, 0.3) is 0 Å². The topological polar surface area (TPSA) is 98.1 Å². The smallest absolute Gasteiger partial charge is 0.337 e. The second kappa shape index (κ2) is 7.82. The minimum atomic E-state index is -0.650. The molecule has 0 bridgehead atoms. The van der Waals surface area contributed by atoms with Gasteiger partial charge in [0.05, 0.1) is 18.7 Å². The highest BCUT2D eigenvalue weighted by Gasteiger charge is 2.39. The maximum absolute atomic E-state index is 13.3. The highest BCUT2D eigenvalue weighted by molar-refractivity contribution is 5.96. The standard InChI is InChI=1S/C22H21N5O3/c1-13-6-4-5-7-17(13)26-20(28)18-14(2)25-22-23-12-24-27(22)19(18)15-8-10-16(11-9-15)21(29)30-3/h4-12,18-19H,2H2,1,3H3,(H,26,28)(H,23,24,25)/t18-,19-/m1/s1. The molecule has 1 aliphatic heterocycles. The summed E-state index contributed by atoms with van der Waals surface area (Å²) in [6.07, 6.45) is 1.42. The molecular weight excluding hydrogens is 382 g/mol. The van der Waals surface area contributed by atoms with Crippen LogP contribution in [0.5, 0.6) is 0 Å². The van der Waals surface area contributed by atoms with Crippen LogP contribution in [0.15, 0.2) is 67.1 Å². The summed E-state index contributed by atoms with van der Waals surface area (Å²) in [6, 6.07) is 14.0. The third-order valence-corrected chi connectivity index (χ3v) is 5.16. The van der Waals surface area contributed by atoms with Gasteiger partial charge in [0.2, 0.25) is 11.9 Å². The number of hydrogen-bond acceptors (Lipinski definition) is 6. The van der Waals surface area contributed by atoms with Gasteiger partial charge < -0.3 is 15.4 Å². The Labute approximate surface area is 173 Å². The second-order valence-corrected chi connectivity index (χ2v) is 7.02. The van der Waals surface area contributed by atoms with E-state index in [0.717, 1.165) is 16.8 Å². The van der Waals surface area contributed by atoms with Gasteiger partial charge in [-0.3, -0.25) is 4.79 Å². The third-order valence-electron chi connectivity index (χ3n) is 5.16. The zero-order chi connectivity index (χ0) is 21.3. The molecule has 0 saturated heterocycles. The molecule has 0 unspecified atom stereocenters. The maximum atomic E-state index is 13.3. The molecule has 8 heteroatoms. The molecule has 1 amide bonds. The van der Waals surface area contributed by atoms with E-state index < -0.39 is 17.9 Å². The van der Waals surface area contributed by atoms with Crippen LogP contribution in [-0.4, -0.2) is 33.8 Å². The summed E-state index contributed by atoms with van der Waals surface area (Å²) < 4.78 is 6.42. The number of methoxy groups -OCH3 is 1. The molecule has 0 fully saturated rings. The highest BCUT2D eigenvalue weighted by atomic mass is 16.5. The van der Waals surface area contributed by atoms with Crippen molar-refractivity contribution < 1.29 is 14.3 Å². The predicted molar refractivity (Wildman–Crippen MR) is 112 cm³/mol. The molecule has 4 rings (SSSR count). The summed E-state index contributed by atoms with van der Waals surface area (Å²) in [5.74, 6) is -0.790. The highest BCUT2D eigenvalue weighted by Crippen LogP contribution is 2.38. The van der Waals surface area contributed by atoms with E-state index in [0.29, 0.717) is 17.2 Å². The van der Waals surface area contributed by atoms with Crippen LogP contribution in [-0.2, 0) is 9.53 Å². The number of benzene rings is 2. The van der Waals surface area contributed by atoms with Gasteiger partial charge in [-0.25, -0.2) is 9.48 Å². The number of nitrogens with zero attached hydrogens (tertiary/aromatic N) is 3. The summed E-state index contributed by atoms with van der Waals surface area (Å²) in [7, 11) is 1.33.